The summed E-state index contributed by atoms with van der Waals surface area (Å²) in [7, 11) is 0. The van der Waals surface area contributed by atoms with Crippen LogP contribution in [0.5, 0.6) is 5.75 Å². The van der Waals surface area contributed by atoms with E-state index in [0.717, 1.165) is 18.4 Å². The Labute approximate surface area is 114 Å². The zero-order valence-corrected chi connectivity index (χ0v) is 11.5. The van der Waals surface area contributed by atoms with Crippen LogP contribution in [0, 0.1) is 6.92 Å². The maximum Gasteiger partial charge on any atom is 0.263 e. The molecule has 4 heteroatoms. The van der Waals surface area contributed by atoms with Crippen molar-refractivity contribution in [1.29, 1.82) is 0 Å². The quantitative estimate of drug-likeness (QED) is 0.903. The van der Waals surface area contributed by atoms with Gasteiger partial charge in [0.2, 0.25) is 0 Å². The molecule has 1 saturated heterocycles. The van der Waals surface area contributed by atoms with E-state index in [0.29, 0.717) is 18.8 Å². The highest BCUT2D eigenvalue weighted by Crippen LogP contribution is 2.17. The maximum atomic E-state index is 12.2. The molecule has 104 valence electrons. The summed E-state index contributed by atoms with van der Waals surface area (Å²) in [6.07, 6.45) is 0.706. The first-order chi connectivity index (χ1) is 9.06. The molecular weight excluding hydrogens is 242 g/mol. The lowest BCUT2D eigenvalue weighted by Crippen LogP contribution is -2.47. The van der Waals surface area contributed by atoms with Gasteiger partial charge in [0.1, 0.15) is 5.75 Å². The number of carbonyl (C=O) groups excluding carboxylic acids is 1. The van der Waals surface area contributed by atoms with Crippen LogP contribution in [0.25, 0.3) is 0 Å². The molecular formula is C15H21NO3. The molecule has 0 radical (unpaired) electrons. The second-order valence-electron chi connectivity index (χ2n) is 5.16. The van der Waals surface area contributed by atoms with Crippen LogP contribution in [0.3, 0.4) is 0 Å². The third-order valence-electron chi connectivity index (χ3n) is 3.36. The highest BCUT2D eigenvalue weighted by molar-refractivity contribution is 5.81. The first kappa shape index (κ1) is 13.9. The van der Waals surface area contributed by atoms with E-state index in [1.165, 1.54) is 0 Å². The van der Waals surface area contributed by atoms with E-state index in [-0.39, 0.29) is 5.91 Å². The average molecular weight is 263 g/mol. The Kier molecular flexibility index (Phi) is 4.43. The molecule has 19 heavy (non-hydrogen) atoms. The summed E-state index contributed by atoms with van der Waals surface area (Å²) in [5.41, 5.74) is 1.10. The molecule has 1 aliphatic rings. The Hall–Kier alpha value is -1.55. The normalized spacial score (nSPS) is 21.0. The lowest BCUT2D eigenvalue weighted by Gasteiger charge is -2.32. The van der Waals surface area contributed by atoms with Crippen molar-refractivity contribution in [2.75, 3.05) is 13.1 Å². The maximum absolute atomic E-state index is 12.2. The largest absolute Gasteiger partial charge is 0.481 e. The van der Waals surface area contributed by atoms with E-state index in [9.17, 15) is 9.90 Å². The molecule has 4 nitrogen and oxygen atoms in total. The number of hydrogen-bond donors (Lipinski definition) is 1. The predicted molar refractivity (Wildman–Crippen MR) is 73.1 cm³/mol. The van der Waals surface area contributed by atoms with Gasteiger partial charge in [0.05, 0.1) is 6.10 Å². The van der Waals surface area contributed by atoms with E-state index in [2.05, 4.69) is 0 Å². The number of β-amino-alcohol motifs (C(OH)–C–C–N with tert-alkyl or cyclic N) is 1. The van der Waals surface area contributed by atoms with Crippen molar-refractivity contribution in [2.45, 2.75) is 38.9 Å². The van der Waals surface area contributed by atoms with Crippen molar-refractivity contribution < 1.29 is 14.6 Å². The molecule has 0 bridgehead atoms. The van der Waals surface area contributed by atoms with Gasteiger partial charge in [0.25, 0.3) is 5.91 Å². The molecule has 0 aromatic heterocycles. The van der Waals surface area contributed by atoms with Gasteiger partial charge in [0, 0.05) is 13.1 Å². The standard InChI is InChI=1S/C15H21NO3/c1-11-5-3-7-14(9-11)19-12(2)15(18)16-8-4-6-13(17)10-16/h3,5,7,9,12-13,17H,4,6,8,10H2,1-2H3. The van der Waals surface area contributed by atoms with E-state index in [1.54, 1.807) is 11.8 Å². The van der Waals surface area contributed by atoms with Gasteiger partial charge in [-0.15, -0.1) is 0 Å². The Bertz CT molecular complexity index is 447. The Morgan fingerprint density at radius 2 is 2.32 bits per heavy atom. The summed E-state index contributed by atoms with van der Waals surface area (Å²) < 4.78 is 5.67. The van der Waals surface area contributed by atoms with Gasteiger partial charge in [0.15, 0.2) is 6.10 Å². The van der Waals surface area contributed by atoms with Gasteiger partial charge in [-0.3, -0.25) is 4.79 Å². The minimum atomic E-state index is -0.521. The van der Waals surface area contributed by atoms with Crippen LogP contribution in [0.15, 0.2) is 24.3 Å². The fraction of sp³-hybridized carbons (Fsp3) is 0.533. The van der Waals surface area contributed by atoms with E-state index >= 15 is 0 Å². The second-order valence-corrected chi connectivity index (χ2v) is 5.16. The summed E-state index contributed by atoms with van der Waals surface area (Å²) in [4.78, 5) is 13.9. The number of ether oxygens (including phenoxy) is 1. The molecule has 1 aliphatic heterocycles. The van der Waals surface area contributed by atoms with Gasteiger partial charge >= 0.3 is 0 Å². The van der Waals surface area contributed by atoms with Crippen LogP contribution < -0.4 is 4.74 Å². The van der Waals surface area contributed by atoms with Gasteiger partial charge in [-0.2, -0.15) is 0 Å². The number of amides is 1. The van der Waals surface area contributed by atoms with Crippen molar-refractivity contribution in [3.8, 4) is 5.75 Å². The molecule has 0 saturated carbocycles. The summed E-state index contributed by atoms with van der Waals surface area (Å²) in [5, 5.41) is 9.60. The van der Waals surface area contributed by atoms with E-state index in [1.807, 2.05) is 31.2 Å². The number of likely N-dealkylation sites (tertiary alicyclic amines) is 1. The number of aliphatic hydroxyl groups excluding tert-OH is 1. The van der Waals surface area contributed by atoms with Crippen LogP contribution in [-0.2, 0) is 4.79 Å². The molecule has 2 unspecified atom stereocenters. The first-order valence-electron chi connectivity index (χ1n) is 6.76. The number of nitrogens with zero attached hydrogens (tertiary/aromatic N) is 1. The summed E-state index contributed by atoms with van der Waals surface area (Å²) >= 11 is 0. The number of hydrogen-bond acceptors (Lipinski definition) is 3. The molecule has 1 heterocycles. The van der Waals surface area contributed by atoms with Gasteiger partial charge < -0.3 is 14.7 Å². The monoisotopic (exact) mass is 263 g/mol. The fourth-order valence-electron chi connectivity index (χ4n) is 2.36. The molecule has 2 rings (SSSR count). The number of aryl methyl sites for hydroxylation is 1. The zero-order chi connectivity index (χ0) is 13.8. The van der Waals surface area contributed by atoms with Crippen molar-refractivity contribution >= 4 is 5.91 Å². The predicted octanol–water partition coefficient (Wildman–Crippen LogP) is 1.75. The lowest BCUT2D eigenvalue weighted by atomic mass is 10.1. The van der Waals surface area contributed by atoms with Crippen molar-refractivity contribution in [3.63, 3.8) is 0 Å². The minimum absolute atomic E-state index is 0.0553. The summed E-state index contributed by atoms with van der Waals surface area (Å²) in [5.74, 6) is 0.652. The van der Waals surface area contributed by atoms with Gasteiger partial charge in [-0.1, -0.05) is 12.1 Å². The highest BCUT2D eigenvalue weighted by atomic mass is 16.5. The Balaban J connectivity index is 1.95. The van der Waals surface area contributed by atoms with Crippen molar-refractivity contribution in [2.24, 2.45) is 0 Å². The number of benzene rings is 1. The minimum Gasteiger partial charge on any atom is -0.481 e. The third-order valence-corrected chi connectivity index (χ3v) is 3.36. The molecule has 1 aromatic carbocycles. The molecule has 1 amide bonds. The molecule has 2 atom stereocenters. The molecule has 0 spiro atoms. The van der Waals surface area contributed by atoms with Gasteiger partial charge in [-0.05, 0) is 44.4 Å². The highest BCUT2D eigenvalue weighted by Gasteiger charge is 2.26. The summed E-state index contributed by atoms with van der Waals surface area (Å²) in [6.45, 7) is 4.86. The topological polar surface area (TPSA) is 49.8 Å². The van der Waals surface area contributed by atoms with Crippen LogP contribution in [0.1, 0.15) is 25.3 Å². The van der Waals surface area contributed by atoms with Gasteiger partial charge in [-0.25, -0.2) is 0 Å². The van der Waals surface area contributed by atoms with Crippen LogP contribution in [-0.4, -0.2) is 41.2 Å². The number of carbonyl (C=O) groups is 1. The van der Waals surface area contributed by atoms with Crippen molar-refractivity contribution in [3.05, 3.63) is 29.8 Å². The molecule has 1 aromatic rings. The number of aliphatic hydroxyl groups is 1. The van der Waals surface area contributed by atoms with E-state index in [4.69, 9.17) is 4.74 Å². The van der Waals surface area contributed by atoms with Crippen molar-refractivity contribution in [1.82, 2.24) is 4.90 Å². The molecule has 1 N–H and O–H groups in total. The van der Waals surface area contributed by atoms with E-state index < -0.39 is 12.2 Å². The molecule has 0 aliphatic carbocycles. The lowest BCUT2D eigenvalue weighted by molar-refractivity contribution is -0.141. The first-order valence-corrected chi connectivity index (χ1v) is 6.76. The second kappa shape index (κ2) is 6.06. The molecule has 1 fully saturated rings. The average Bonchev–Trinajstić information content (AvgIpc) is 2.38. The zero-order valence-electron chi connectivity index (χ0n) is 11.5. The van der Waals surface area contributed by atoms with Crippen LogP contribution in [0.4, 0.5) is 0 Å². The SMILES string of the molecule is Cc1cccc(OC(C)C(=O)N2CCCC(O)C2)c1. The smallest absolute Gasteiger partial charge is 0.263 e. The Morgan fingerprint density at radius 1 is 1.53 bits per heavy atom. The van der Waals surface area contributed by atoms with Crippen LogP contribution >= 0.6 is 0 Å². The third kappa shape index (κ3) is 3.70. The Morgan fingerprint density at radius 3 is 3.00 bits per heavy atom. The fourth-order valence-corrected chi connectivity index (χ4v) is 2.36. The number of rotatable bonds is 3. The van der Waals surface area contributed by atoms with Crippen LogP contribution in [0.2, 0.25) is 0 Å². The summed E-state index contributed by atoms with van der Waals surface area (Å²) in [6, 6.07) is 7.66. The number of piperidine rings is 1.